The van der Waals surface area contributed by atoms with Gasteiger partial charge < -0.3 is 14.7 Å². The average Bonchev–Trinajstić information content (AvgIpc) is 3.19. The smallest absolute Gasteiger partial charge is 0.240 e. The Morgan fingerprint density at radius 2 is 2.07 bits per heavy atom. The molecule has 9 nitrogen and oxygen atoms in total. The Bertz CT molecular complexity index is 950. The van der Waals surface area contributed by atoms with Crippen LogP contribution in [0.25, 0.3) is 11.2 Å². The highest BCUT2D eigenvalue weighted by Crippen LogP contribution is 2.49. The van der Waals surface area contributed by atoms with E-state index in [9.17, 15) is 14.3 Å². The van der Waals surface area contributed by atoms with Crippen LogP contribution < -0.4 is 10.2 Å². The molecule has 30 heavy (non-hydrogen) atoms. The van der Waals surface area contributed by atoms with Crippen LogP contribution in [0.2, 0.25) is 0 Å². The van der Waals surface area contributed by atoms with Gasteiger partial charge in [0.1, 0.15) is 0 Å². The number of aliphatic hydroxyl groups excluding tert-OH is 1. The molecule has 0 aromatic carbocycles. The van der Waals surface area contributed by atoms with Crippen molar-refractivity contribution in [1.82, 2.24) is 19.5 Å². The molecule has 1 aliphatic rings. The first kappa shape index (κ1) is 22.3. The molecule has 0 saturated carbocycles. The van der Waals surface area contributed by atoms with E-state index in [4.69, 9.17) is 4.74 Å². The minimum atomic E-state index is -2.55. The molecule has 0 unspecified atom stereocenters. The average molecular weight is 426 g/mol. The first-order valence-electron chi connectivity index (χ1n) is 9.96. The van der Waals surface area contributed by atoms with Crippen LogP contribution in [-0.2, 0) is 9.53 Å². The Kier molecular flexibility index (Phi) is 5.72. The fourth-order valence-corrected chi connectivity index (χ4v) is 3.33. The van der Waals surface area contributed by atoms with E-state index in [-0.39, 0.29) is 29.8 Å². The zero-order valence-electron chi connectivity index (χ0n) is 18.0. The Balaban J connectivity index is 2.16. The predicted molar refractivity (Wildman–Crippen MR) is 108 cm³/mol. The number of carbonyl (C=O) groups excluding carboxylic acids is 1. The molecular formula is C19H28F2N6O3. The minimum absolute atomic E-state index is 0.0133. The summed E-state index contributed by atoms with van der Waals surface area (Å²) in [7, 11) is 1.79. The highest BCUT2D eigenvalue weighted by atomic mass is 19.2. The second-order valence-electron chi connectivity index (χ2n) is 8.02. The van der Waals surface area contributed by atoms with Crippen molar-refractivity contribution in [3.8, 4) is 0 Å². The summed E-state index contributed by atoms with van der Waals surface area (Å²) in [6.45, 7) is 8.48. The highest BCUT2D eigenvalue weighted by molar-refractivity contribution is 5.92. The maximum atomic E-state index is 15.4. The Labute approximate surface area is 173 Å². The maximum absolute atomic E-state index is 15.4. The number of nitrogens with one attached hydrogen (secondary N) is 1. The Hall–Kier alpha value is -2.40. The molecule has 3 rings (SSSR count). The summed E-state index contributed by atoms with van der Waals surface area (Å²) in [5.41, 5.74) is -1.95. The van der Waals surface area contributed by atoms with Gasteiger partial charge in [0.05, 0.1) is 6.33 Å². The largest absolute Gasteiger partial charge is 0.384 e. The third kappa shape index (κ3) is 3.49. The van der Waals surface area contributed by atoms with E-state index in [1.807, 2.05) is 6.92 Å². The summed E-state index contributed by atoms with van der Waals surface area (Å²) in [5, 5.41) is 12.9. The van der Waals surface area contributed by atoms with E-state index >= 15 is 4.39 Å². The lowest BCUT2D eigenvalue weighted by Gasteiger charge is -2.25. The lowest BCUT2D eigenvalue weighted by Crippen LogP contribution is -2.43. The molecule has 2 N–H and O–H groups in total. The van der Waals surface area contributed by atoms with Crippen molar-refractivity contribution in [2.45, 2.75) is 64.9 Å². The number of rotatable bonds is 6. The monoisotopic (exact) mass is 426 g/mol. The van der Waals surface area contributed by atoms with Gasteiger partial charge in [-0.25, -0.2) is 13.8 Å². The molecule has 1 fully saturated rings. The van der Waals surface area contributed by atoms with Gasteiger partial charge in [-0.3, -0.25) is 14.7 Å². The maximum Gasteiger partial charge on any atom is 0.240 e. The molecule has 0 radical (unpaired) electrons. The normalized spacial score (nSPS) is 29.0. The third-order valence-electron chi connectivity index (χ3n) is 5.47. The van der Waals surface area contributed by atoms with Crippen molar-refractivity contribution < 1.29 is 23.4 Å². The summed E-state index contributed by atoms with van der Waals surface area (Å²) in [6.07, 6.45) is -2.45. The van der Waals surface area contributed by atoms with Gasteiger partial charge in [0.25, 0.3) is 0 Å². The van der Waals surface area contributed by atoms with Crippen LogP contribution in [0.15, 0.2) is 6.33 Å². The van der Waals surface area contributed by atoms with Gasteiger partial charge in [-0.2, -0.15) is 9.97 Å². The number of anilines is 2. The van der Waals surface area contributed by atoms with Gasteiger partial charge in [0.2, 0.25) is 17.7 Å². The fourth-order valence-electron chi connectivity index (χ4n) is 3.33. The number of ether oxygens (including phenoxy) is 1. The molecular weight excluding hydrogens is 398 g/mol. The zero-order valence-corrected chi connectivity index (χ0v) is 18.0. The molecule has 2 aromatic rings. The van der Waals surface area contributed by atoms with Crippen molar-refractivity contribution >= 4 is 28.8 Å². The van der Waals surface area contributed by atoms with Crippen LogP contribution in [0, 0.1) is 5.92 Å². The second kappa shape index (κ2) is 7.69. The fraction of sp³-hybridized carbons (Fsp3) is 0.684. The number of fused-ring (bicyclic) bond motifs is 1. The van der Waals surface area contributed by atoms with Crippen LogP contribution in [0.1, 0.15) is 47.3 Å². The summed E-state index contributed by atoms with van der Waals surface area (Å²) in [6, 6.07) is 0. The van der Waals surface area contributed by atoms with Gasteiger partial charge in [-0.15, -0.1) is 0 Å². The molecule has 2 aromatic heterocycles. The van der Waals surface area contributed by atoms with Gasteiger partial charge in [-0.05, 0) is 13.8 Å². The zero-order chi connectivity index (χ0) is 22.4. The molecule has 0 spiro atoms. The molecule has 1 saturated heterocycles. The van der Waals surface area contributed by atoms with Crippen LogP contribution >= 0.6 is 0 Å². The van der Waals surface area contributed by atoms with Crippen molar-refractivity contribution in [3.63, 3.8) is 0 Å². The van der Waals surface area contributed by atoms with Crippen LogP contribution in [-0.4, -0.2) is 61.8 Å². The van der Waals surface area contributed by atoms with E-state index in [0.29, 0.717) is 17.9 Å². The lowest BCUT2D eigenvalue weighted by atomic mass is 9.96. The standard InChI is InChI=1S/C19H28F2N6O3/c1-7-19(21)15(29)18(5,20)16(30-19)27-9-22-11-12(26(6)8-2)23-17(24-13(11)27)25-14(28)10(3)4/h9-10,15-16,29H,7-8H2,1-6H3,(H,23,24,25,28)/t15-,16+,18+,19+/m0/s1. The van der Waals surface area contributed by atoms with Crippen LogP contribution in [0.3, 0.4) is 0 Å². The van der Waals surface area contributed by atoms with Gasteiger partial charge in [0.15, 0.2) is 35.0 Å². The van der Waals surface area contributed by atoms with Crippen molar-refractivity contribution in [3.05, 3.63) is 6.33 Å². The number of imidazole rings is 1. The molecule has 0 bridgehead atoms. The number of halogens is 2. The molecule has 166 valence electrons. The molecule has 0 aliphatic carbocycles. The summed E-state index contributed by atoms with van der Waals surface area (Å²) in [4.78, 5) is 26.9. The number of hydrogen-bond acceptors (Lipinski definition) is 7. The summed E-state index contributed by atoms with van der Waals surface area (Å²) < 4.78 is 36.9. The topological polar surface area (TPSA) is 105 Å². The summed E-state index contributed by atoms with van der Waals surface area (Å²) in [5.74, 6) is -2.71. The lowest BCUT2D eigenvalue weighted by molar-refractivity contribution is -0.187. The number of carbonyl (C=O) groups is 1. The van der Waals surface area contributed by atoms with E-state index in [1.165, 1.54) is 17.8 Å². The predicted octanol–water partition coefficient (Wildman–Crippen LogP) is 2.57. The number of aromatic nitrogens is 4. The van der Waals surface area contributed by atoms with E-state index < -0.39 is 23.9 Å². The molecule has 4 atom stereocenters. The molecule has 1 aliphatic heterocycles. The minimum Gasteiger partial charge on any atom is -0.384 e. The van der Waals surface area contributed by atoms with Crippen molar-refractivity contribution in [1.29, 1.82) is 0 Å². The van der Waals surface area contributed by atoms with Crippen molar-refractivity contribution in [2.24, 2.45) is 5.92 Å². The SMILES string of the molecule is CCN(C)c1nc(NC(=O)C(C)C)nc2c1ncn2[C@@H]1O[C@](F)(CC)[C@@H](O)[C@@]1(C)F. The molecule has 3 heterocycles. The highest BCUT2D eigenvalue weighted by Gasteiger charge is 2.63. The number of aliphatic hydroxyl groups is 1. The van der Waals surface area contributed by atoms with E-state index in [2.05, 4.69) is 20.3 Å². The number of alkyl halides is 2. The third-order valence-corrected chi connectivity index (χ3v) is 5.47. The van der Waals surface area contributed by atoms with E-state index in [1.54, 1.807) is 25.8 Å². The van der Waals surface area contributed by atoms with Crippen LogP contribution in [0.4, 0.5) is 20.5 Å². The van der Waals surface area contributed by atoms with Crippen molar-refractivity contribution in [2.75, 3.05) is 23.8 Å². The molecule has 1 amide bonds. The Morgan fingerprint density at radius 1 is 1.40 bits per heavy atom. The molecule has 11 heteroatoms. The second-order valence-corrected chi connectivity index (χ2v) is 8.02. The first-order valence-corrected chi connectivity index (χ1v) is 9.96. The van der Waals surface area contributed by atoms with Gasteiger partial charge in [0, 0.05) is 25.9 Å². The quantitative estimate of drug-likeness (QED) is 0.731. The van der Waals surface area contributed by atoms with Crippen LogP contribution in [0.5, 0.6) is 0 Å². The number of hydrogen-bond donors (Lipinski definition) is 2. The Morgan fingerprint density at radius 3 is 2.60 bits per heavy atom. The van der Waals surface area contributed by atoms with Gasteiger partial charge in [-0.1, -0.05) is 20.8 Å². The van der Waals surface area contributed by atoms with E-state index in [0.717, 1.165) is 6.92 Å². The number of amides is 1. The number of nitrogens with zero attached hydrogens (tertiary/aromatic N) is 5. The first-order chi connectivity index (χ1) is 14.0. The van der Waals surface area contributed by atoms with Gasteiger partial charge >= 0.3 is 0 Å². The summed E-state index contributed by atoms with van der Waals surface area (Å²) >= 11 is 0.